The number of hydrogen-bond acceptors (Lipinski definition) is 3. The van der Waals surface area contributed by atoms with E-state index in [0.717, 1.165) is 17.9 Å². The number of para-hydroxylation sites is 1. The molecule has 4 nitrogen and oxygen atoms in total. The van der Waals surface area contributed by atoms with Gasteiger partial charge in [0.2, 0.25) is 0 Å². The highest BCUT2D eigenvalue weighted by Crippen LogP contribution is 2.26. The molecule has 1 aliphatic heterocycles. The van der Waals surface area contributed by atoms with Crippen LogP contribution in [0, 0.1) is 0 Å². The zero-order valence-corrected chi connectivity index (χ0v) is 14.3. The molecule has 3 aromatic rings. The van der Waals surface area contributed by atoms with E-state index in [4.69, 9.17) is 4.42 Å². The molecule has 1 atom stereocenters. The van der Waals surface area contributed by atoms with Crippen LogP contribution in [0.15, 0.2) is 83.5 Å². The fourth-order valence-corrected chi connectivity index (χ4v) is 3.17. The summed E-state index contributed by atoms with van der Waals surface area (Å²) >= 11 is 0. The number of benzene rings is 2. The lowest BCUT2D eigenvalue weighted by Gasteiger charge is -2.36. The van der Waals surface area contributed by atoms with E-state index < -0.39 is 0 Å². The van der Waals surface area contributed by atoms with E-state index in [1.165, 1.54) is 5.56 Å². The van der Waals surface area contributed by atoms with Crippen LogP contribution in [0.5, 0.6) is 0 Å². The van der Waals surface area contributed by atoms with Crippen molar-refractivity contribution in [1.82, 2.24) is 4.90 Å². The number of fused-ring (bicyclic) bond motifs is 1. The molecule has 0 radical (unpaired) electrons. The van der Waals surface area contributed by atoms with E-state index in [9.17, 15) is 4.79 Å². The second-order valence-corrected chi connectivity index (χ2v) is 6.24. The second-order valence-electron chi connectivity index (χ2n) is 6.24. The standard InChI is InChI=1S/C22H20N2O2/c25-22-19-10-4-5-11-20(19)23-21(13-12-18-9-6-16-26-18)24(22)15-14-17-7-2-1-3-8-17/h1-13,16,21,23H,14-15H2/b13-12+. The molecule has 0 saturated carbocycles. The van der Waals surface area contributed by atoms with E-state index >= 15 is 0 Å². The van der Waals surface area contributed by atoms with Crippen LogP contribution in [-0.2, 0) is 6.42 Å². The van der Waals surface area contributed by atoms with E-state index in [2.05, 4.69) is 17.4 Å². The molecule has 0 bridgehead atoms. The second kappa shape index (κ2) is 7.31. The van der Waals surface area contributed by atoms with Gasteiger partial charge in [-0.25, -0.2) is 0 Å². The van der Waals surface area contributed by atoms with Crippen molar-refractivity contribution in [1.29, 1.82) is 0 Å². The number of carbonyl (C=O) groups is 1. The van der Waals surface area contributed by atoms with Crippen LogP contribution in [0.3, 0.4) is 0 Å². The summed E-state index contributed by atoms with van der Waals surface area (Å²) in [7, 11) is 0. The highest BCUT2D eigenvalue weighted by Gasteiger charge is 2.29. The molecule has 2 aromatic carbocycles. The summed E-state index contributed by atoms with van der Waals surface area (Å²) in [5.41, 5.74) is 2.79. The zero-order chi connectivity index (χ0) is 17.8. The Hall–Kier alpha value is -3.27. The van der Waals surface area contributed by atoms with E-state index in [1.807, 2.05) is 71.6 Å². The molecule has 0 fully saturated rings. The van der Waals surface area contributed by atoms with Crippen LogP contribution in [0.2, 0.25) is 0 Å². The van der Waals surface area contributed by atoms with Crippen LogP contribution < -0.4 is 5.32 Å². The zero-order valence-electron chi connectivity index (χ0n) is 14.3. The van der Waals surface area contributed by atoms with Gasteiger partial charge in [0.25, 0.3) is 5.91 Å². The topological polar surface area (TPSA) is 45.5 Å². The Labute approximate surface area is 152 Å². The molecule has 1 N–H and O–H groups in total. The summed E-state index contributed by atoms with van der Waals surface area (Å²) in [4.78, 5) is 14.9. The lowest BCUT2D eigenvalue weighted by molar-refractivity contribution is 0.0719. The van der Waals surface area contributed by atoms with Crippen molar-refractivity contribution in [2.75, 3.05) is 11.9 Å². The third-order valence-corrected chi connectivity index (χ3v) is 4.53. The lowest BCUT2D eigenvalue weighted by atomic mass is 10.1. The molecular weight excluding hydrogens is 324 g/mol. The Bertz CT molecular complexity index is 901. The third-order valence-electron chi connectivity index (χ3n) is 4.53. The fourth-order valence-electron chi connectivity index (χ4n) is 3.17. The molecule has 0 spiro atoms. The van der Waals surface area contributed by atoms with Gasteiger partial charge in [-0.3, -0.25) is 4.79 Å². The van der Waals surface area contributed by atoms with Crippen LogP contribution in [0.25, 0.3) is 6.08 Å². The molecule has 1 aromatic heterocycles. The van der Waals surface area contributed by atoms with E-state index in [0.29, 0.717) is 12.1 Å². The Balaban J connectivity index is 1.59. The summed E-state index contributed by atoms with van der Waals surface area (Å²) in [5, 5.41) is 3.45. The minimum Gasteiger partial charge on any atom is -0.465 e. The van der Waals surface area contributed by atoms with Crippen molar-refractivity contribution in [2.24, 2.45) is 0 Å². The average Bonchev–Trinajstić information content (AvgIpc) is 3.20. The number of nitrogens with zero attached hydrogens (tertiary/aromatic N) is 1. The first-order valence-corrected chi connectivity index (χ1v) is 8.73. The fraction of sp³-hybridized carbons (Fsp3) is 0.136. The van der Waals surface area contributed by atoms with Crippen molar-refractivity contribution < 1.29 is 9.21 Å². The predicted octanol–water partition coefficient (Wildman–Crippen LogP) is 4.43. The van der Waals surface area contributed by atoms with Gasteiger partial charge in [0.05, 0.1) is 11.8 Å². The molecule has 2 heterocycles. The maximum absolute atomic E-state index is 13.0. The Morgan fingerprint density at radius 3 is 2.62 bits per heavy atom. The number of furan rings is 1. The summed E-state index contributed by atoms with van der Waals surface area (Å²) in [6.07, 6.45) is 6.10. The van der Waals surface area contributed by atoms with Crippen molar-refractivity contribution in [2.45, 2.75) is 12.6 Å². The van der Waals surface area contributed by atoms with Crippen molar-refractivity contribution in [3.05, 3.63) is 96.0 Å². The highest BCUT2D eigenvalue weighted by atomic mass is 16.3. The van der Waals surface area contributed by atoms with E-state index in [1.54, 1.807) is 6.26 Å². The van der Waals surface area contributed by atoms with Crippen LogP contribution in [-0.4, -0.2) is 23.5 Å². The minimum atomic E-state index is -0.216. The molecule has 26 heavy (non-hydrogen) atoms. The van der Waals surface area contributed by atoms with Crippen molar-refractivity contribution in [3.63, 3.8) is 0 Å². The van der Waals surface area contributed by atoms with E-state index in [-0.39, 0.29) is 12.1 Å². The van der Waals surface area contributed by atoms with Gasteiger partial charge in [-0.2, -0.15) is 0 Å². The normalized spacial score (nSPS) is 16.5. The summed E-state index contributed by atoms with van der Waals surface area (Å²) < 4.78 is 5.37. The predicted molar refractivity (Wildman–Crippen MR) is 103 cm³/mol. The van der Waals surface area contributed by atoms with Gasteiger partial charge in [0, 0.05) is 12.2 Å². The molecule has 1 aliphatic rings. The first-order chi connectivity index (χ1) is 12.8. The molecule has 1 unspecified atom stereocenters. The number of hydrogen-bond donors (Lipinski definition) is 1. The van der Waals surface area contributed by atoms with Crippen LogP contribution in [0.4, 0.5) is 5.69 Å². The van der Waals surface area contributed by atoms with Gasteiger partial charge in [-0.15, -0.1) is 0 Å². The smallest absolute Gasteiger partial charge is 0.257 e. The van der Waals surface area contributed by atoms with Gasteiger partial charge >= 0.3 is 0 Å². The van der Waals surface area contributed by atoms with Gasteiger partial charge in [0.15, 0.2) is 0 Å². The van der Waals surface area contributed by atoms with Crippen molar-refractivity contribution >= 4 is 17.7 Å². The SMILES string of the molecule is O=C1c2ccccc2NC(/C=C/c2ccco2)N1CCc1ccccc1. The third kappa shape index (κ3) is 3.40. The first kappa shape index (κ1) is 16.2. The molecule has 0 aliphatic carbocycles. The Kier molecular flexibility index (Phi) is 4.56. The molecule has 1 amide bonds. The van der Waals surface area contributed by atoms with Crippen LogP contribution in [0.1, 0.15) is 21.7 Å². The largest absolute Gasteiger partial charge is 0.465 e. The molecule has 4 heteroatoms. The number of anilines is 1. The van der Waals surface area contributed by atoms with Gasteiger partial charge in [-0.05, 0) is 48.4 Å². The quantitative estimate of drug-likeness (QED) is 0.745. The maximum Gasteiger partial charge on any atom is 0.257 e. The molecule has 130 valence electrons. The average molecular weight is 344 g/mol. The molecule has 4 rings (SSSR count). The summed E-state index contributed by atoms with van der Waals surface area (Å²) in [5.74, 6) is 0.811. The Morgan fingerprint density at radius 1 is 1.00 bits per heavy atom. The number of rotatable bonds is 5. The Morgan fingerprint density at radius 2 is 1.81 bits per heavy atom. The van der Waals surface area contributed by atoms with Gasteiger partial charge in [0.1, 0.15) is 11.9 Å². The lowest BCUT2D eigenvalue weighted by Crippen LogP contribution is -2.48. The number of amides is 1. The number of nitrogens with one attached hydrogen (secondary N) is 1. The monoisotopic (exact) mass is 344 g/mol. The van der Waals surface area contributed by atoms with Gasteiger partial charge < -0.3 is 14.6 Å². The molecular formula is C22H20N2O2. The summed E-state index contributed by atoms with van der Waals surface area (Å²) in [6, 6.07) is 21.6. The van der Waals surface area contributed by atoms with Crippen LogP contribution >= 0.6 is 0 Å². The van der Waals surface area contributed by atoms with Crippen molar-refractivity contribution in [3.8, 4) is 0 Å². The molecule has 0 saturated heterocycles. The minimum absolute atomic E-state index is 0.0457. The first-order valence-electron chi connectivity index (χ1n) is 8.73. The van der Waals surface area contributed by atoms with Gasteiger partial charge in [-0.1, -0.05) is 42.5 Å². The summed E-state index contributed by atoms with van der Waals surface area (Å²) in [6.45, 7) is 0.636. The maximum atomic E-state index is 13.0. The number of carbonyl (C=O) groups excluding carboxylic acids is 1. The highest BCUT2D eigenvalue weighted by molar-refractivity contribution is 6.01.